The summed E-state index contributed by atoms with van der Waals surface area (Å²) >= 11 is 0. The van der Waals surface area contributed by atoms with Gasteiger partial charge in [0.25, 0.3) is 0 Å². The zero-order valence-corrected chi connectivity index (χ0v) is 68.2. The van der Waals surface area contributed by atoms with E-state index in [1.807, 2.05) is 0 Å². The van der Waals surface area contributed by atoms with Crippen LogP contribution in [-0.4, -0.2) is 148 Å². The predicted molar refractivity (Wildman–Crippen MR) is 387 cm³/mol. The van der Waals surface area contributed by atoms with Crippen LogP contribution < -0.4 is 0 Å². The molecule has 44 heteroatoms. The third-order valence-corrected chi connectivity index (χ3v) is 41.7. The van der Waals surface area contributed by atoms with E-state index in [0.29, 0.717) is 49.9 Å². The van der Waals surface area contributed by atoms with Gasteiger partial charge in [0.1, 0.15) is 23.0 Å². The summed E-state index contributed by atoms with van der Waals surface area (Å²) in [5, 5.41) is 0. The quantitative estimate of drug-likeness (QED) is 0.0913. The van der Waals surface area contributed by atoms with Crippen molar-refractivity contribution in [3.8, 4) is 0 Å². The van der Waals surface area contributed by atoms with Crippen molar-refractivity contribution in [2.24, 2.45) is 90.7 Å². The zero-order valence-electron chi connectivity index (χ0n) is 65.0. The lowest BCUT2D eigenvalue weighted by molar-refractivity contribution is -0.324. The van der Waals surface area contributed by atoms with Gasteiger partial charge in [-0.15, -0.1) is 0 Å². The van der Waals surface area contributed by atoms with Crippen molar-refractivity contribution in [2.75, 3.05) is 52.9 Å². The first-order chi connectivity index (χ1) is 57.9. The molecule has 18 rings (SSSR count). The maximum Gasteiger partial charge on any atom is 0.498 e. The van der Waals surface area contributed by atoms with E-state index in [2.05, 4.69) is 0 Å². The van der Waals surface area contributed by atoms with Gasteiger partial charge in [-0.2, -0.15) is 131 Å². The summed E-state index contributed by atoms with van der Waals surface area (Å²) < 4.78 is 543. The number of hydrogen-bond donors (Lipinski definition) is 0. The molecule has 16 unspecified atom stereocenters. The van der Waals surface area contributed by atoms with E-state index < -0.39 is 291 Å². The molecule has 0 amide bonds. The lowest BCUT2D eigenvalue weighted by Gasteiger charge is -2.49. The Kier molecular flexibility index (Phi) is 20.5. The molecule has 2 aromatic carbocycles. The van der Waals surface area contributed by atoms with E-state index in [9.17, 15) is 0 Å². The monoisotopic (exact) mass is 1900 g/mol. The van der Waals surface area contributed by atoms with Gasteiger partial charge in [-0.25, -0.2) is 7.26 Å². The molecule has 2 aromatic rings. The second kappa shape index (κ2) is 28.6. The van der Waals surface area contributed by atoms with Crippen LogP contribution in [0.5, 0.6) is 0 Å². The second-order valence-electron chi connectivity index (χ2n) is 36.6. The highest BCUT2D eigenvalue weighted by atomic mass is 32.3. The first kappa shape index (κ1) is 89.7. The van der Waals surface area contributed by atoms with Gasteiger partial charge in [-0.1, -0.05) is 60.7 Å². The van der Waals surface area contributed by atoms with Crippen molar-refractivity contribution in [3.63, 3.8) is 0 Å². The Morgan fingerprint density at radius 2 is 0.520 bits per heavy atom. The smallest absolute Gasteiger partial charge is 0.496 e. The van der Waals surface area contributed by atoms with Gasteiger partial charge >= 0.3 is 74.2 Å². The minimum Gasteiger partial charge on any atom is -0.496 e. The third-order valence-electron chi connectivity index (χ3n) is 30.5. The summed E-state index contributed by atoms with van der Waals surface area (Å²) in [6.07, 6.45) is -70.0. The molecule has 12 aliphatic carbocycles. The lowest BCUT2D eigenvalue weighted by atomic mass is 9.75. The fraction of sp³-hybridized carbons (Fsp3) is 0.654. The second-order valence-corrected chi connectivity index (χ2v) is 45.7. The summed E-state index contributed by atoms with van der Waals surface area (Å²) in [6, 6.07) is 7.27. The van der Waals surface area contributed by atoms with E-state index in [1.54, 1.807) is 0 Å². The molecule has 4 heterocycles. The van der Waals surface area contributed by atoms with Gasteiger partial charge in [0, 0.05) is 80.8 Å². The van der Waals surface area contributed by atoms with Crippen molar-refractivity contribution in [3.05, 3.63) is 152 Å². The normalized spacial score (nSPS) is 36.2. The van der Waals surface area contributed by atoms with Crippen LogP contribution in [0.4, 0.5) is 114 Å². The molecule has 14 nitrogen and oxygen atoms in total. The molecule has 0 N–H and O–H groups in total. The Labute approximate surface area is 700 Å². The van der Waals surface area contributed by atoms with Crippen LogP contribution in [0, 0.1) is 90.7 Å². The number of ether oxygens (including phenoxy) is 8. The first-order valence-corrected chi connectivity index (χ1v) is 46.1. The van der Waals surface area contributed by atoms with Gasteiger partial charge in [0.15, 0.2) is 21.7 Å². The molecule has 0 spiro atoms. The van der Waals surface area contributed by atoms with Gasteiger partial charge < -0.3 is 37.9 Å². The molecule has 0 radical (unpaired) electrons. The molecule has 4 saturated heterocycles. The van der Waals surface area contributed by atoms with Crippen LogP contribution in [0.1, 0.15) is 103 Å². The standard InChI is InChI=1S/C81H78F26O14S4/c82-73(83,84)69(74(85,86)87)23-15-57(53(31-69)116-39-65-19-11-43(27-65)49-35-112-61(49)65)122(47-7-3-1-4-8-47,58-16-24-70(75(88,89)90,76(91,92)93)32-54(58)117-40-66-20-12-44(28-66)50-36-113-62(50)66)120-124(108,109)81(106,107)125(110,111)121-123(48-9-5-2-6-10-48,59-17-25-71(77(94,95)96,78(97,98)99)33-55(59)118-41-67-21-13-45(29-67)51-37-114-63(51)67)60-18-26-72(79(100,101)102,80(103,104)105)34-56(60)119-42-68-22-14-46(30-68)52-38-115-64(52)68/h1-10,15-18,23-26,43-46,49-52,61-64H,11-14,19-22,27-42H2. The molecular weight excluding hydrogens is 1820 g/mol. The van der Waals surface area contributed by atoms with Crippen molar-refractivity contribution >= 4 is 40.9 Å². The number of fused-ring (bicyclic) bond motifs is 20. The lowest BCUT2D eigenvalue weighted by Crippen LogP contribution is -2.52. The molecule has 4 aliphatic heterocycles. The minimum absolute atomic E-state index is 0.00185. The molecular formula is C81H78F26O14S4. The number of halogens is 26. The highest BCUT2D eigenvalue weighted by Gasteiger charge is 2.79. The van der Waals surface area contributed by atoms with Crippen LogP contribution >= 0.6 is 20.6 Å². The topological polar surface area (TPSA) is 161 Å². The SMILES string of the molecule is O=S(=O)(OS(C1=C(OCC23CCC(C2)C2COC23)CC(C(F)(F)F)(C(F)(F)F)C=C1)(C1=C(OCC23CCC(C2)C2COC23)CC(C(F)(F)F)(C(F)(F)F)C=C1)c1ccccc1)C(F)(F)S(=O)(=O)OS(C1=C(OCC23CCC(C2)C2COC23)CC(C(F)(F)F)(C(F)(F)F)C=C1)(C1=C(OCC23CCC(C2)C2COC23)CC(C(F)(F)F)(C(F)(F)F)C=C1)c1ccccc1. The molecule has 16 aliphatic rings. The highest BCUT2D eigenvalue weighted by molar-refractivity contribution is 8.40. The Hall–Kier alpha value is -5.90. The maximum absolute atomic E-state index is 19.7. The minimum atomic E-state index is -8.48. The van der Waals surface area contributed by atoms with Crippen molar-refractivity contribution in [1.82, 2.24) is 0 Å². The first-order valence-electron chi connectivity index (χ1n) is 40.2. The number of rotatable bonds is 24. The van der Waals surface area contributed by atoms with E-state index in [0.717, 1.165) is 36.4 Å². The van der Waals surface area contributed by atoms with E-state index in [1.165, 1.54) is 0 Å². The molecule has 8 bridgehead atoms. The van der Waals surface area contributed by atoms with Crippen LogP contribution in [0.3, 0.4) is 0 Å². The summed E-state index contributed by atoms with van der Waals surface area (Å²) in [5.41, 5.74) is -26.8. The van der Waals surface area contributed by atoms with Crippen LogP contribution in [-0.2, 0) is 65.4 Å². The van der Waals surface area contributed by atoms with Gasteiger partial charge in [0.05, 0.1) is 96.9 Å². The summed E-state index contributed by atoms with van der Waals surface area (Å²) in [6.45, 7) is -4.04. The number of benzene rings is 2. The highest BCUT2D eigenvalue weighted by Crippen LogP contribution is 2.81. The van der Waals surface area contributed by atoms with Crippen LogP contribution in [0.25, 0.3) is 0 Å². The van der Waals surface area contributed by atoms with Gasteiger partial charge in [-0.05, 0) is 170 Å². The van der Waals surface area contributed by atoms with Gasteiger partial charge in [0.2, 0.25) is 0 Å². The van der Waals surface area contributed by atoms with E-state index in [4.69, 9.17) is 45.2 Å². The molecule has 0 aromatic heterocycles. The Morgan fingerprint density at radius 1 is 0.312 bits per heavy atom. The fourth-order valence-corrected chi connectivity index (χ4v) is 35.1. The average molecular weight is 1900 g/mol. The molecule has 125 heavy (non-hydrogen) atoms. The largest absolute Gasteiger partial charge is 0.498 e. The van der Waals surface area contributed by atoms with Crippen molar-refractivity contribution in [1.29, 1.82) is 0 Å². The molecule has 16 atom stereocenters. The maximum atomic E-state index is 19.7. The van der Waals surface area contributed by atoms with E-state index >= 15 is 131 Å². The average Bonchev–Trinajstić information content (AvgIpc) is 1.58. The third kappa shape index (κ3) is 12.8. The fourth-order valence-electron chi connectivity index (χ4n) is 23.6. The Morgan fingerprint density at radius 3 is 0.696 bits per heavy atom. The van der Waals surface area contributed by atoms with Crippen LogP contribution in [0.2, 0.25) is 0 Å². The van der Waals surface area contributed by atoms with E-state index in [-0.39, 0.29) is 149 Å². The van der Waals surface area contributed by atoms with Crippen LogP contribution in [0.15, 0.2) is 162 Å². The van der Waals surface area contributed by atoms with Crippen molar-refractivity contribution in [2.45, 2.75) is 191 Å². The Bertz CT molecular complexity index is 4560. The summed E-state index contributed by atoms with van der Waals surface area (Å²) in [4.78, 5) is -9.40. The number of alkyl halides is 26. The predicted octanol–water partition coefficient (Wildman–Crippen LogP) is 22.2. The molecule has 12 fully saturated rings. The van der Waals surface area contributed by atoms with Crippen molar-refractivity contribution < 1.29 is 176 Å². The summed E-state index contributed by atoms with van der Waals surface area (Å²) in [7, 11) is -29.6. The Balaban J connectivity index is 0.889. The number of allylic oxidation sites excluding steroid dienone is 12. The zero-order chi connectivity index (χ0) is 90.0. The summed E-state index contributed by atoms with van der Waals surface area (Å²) in [5.74, 6) is -9.71. The van der Waals surface area contributed by atoms with Gasteiger partial charge in [-0.3, -0.25) is 0 Å². The molecule has 8 saturated carbocycles. The number of hydrogen-bond acceptors (Lipinski definition) is 14. The molecule has 692 valence electrons.